The summed E-state index contributed by atoms with van der Waals surface area (Å²) in [5, 5.41) is 23.1. The van der Waals surface area contributed by atoms with Gasteiger partial charge in [-0.3, -0.25) is 9.59 Å². The Morgan fingerprint density at radius 2 is 1.74 bits per heavy atom. The molecule has 0 bridgehead atoms. The minimum Gasteiger partial charge on any atom is -0.459 e. The average Bonchev–Trinajstić information content (AvgIpc) is 2.93. The van der Waals surface area contributed by atoms with Crippen LogP contribution in [0.5, 0.6) is 0 Å². The maximum atomic E-state index is 14.0. The smallest absolute Gasteiger partial charge is 0.316 e. The van der Waals surface area contributed by atoms with Crippen molar-refractivity contribution in [1.29, 1.82) is 0 Å². The molecule has 0 aliphatic carbocycles. The number of nitrogens with zero attached hydrogens (tertiary/aromatic N) is 1. The number of aliphatic hydroxyl groups excluding tert-OH is 1. The number of ether oxygens (including phenoxy) is 5. The molecule has 12 atom stereocenters. The van der Waals surface area contributed by atoms with E-state index in [9.17, 15) is 19.8 Å². The van der Waals surface area contributed by atoms with Crippen molar-refractivity contribution in [1.82, 2.24) is 4.90 Å². The second-order valence-corrected chi connectivity index (χ2v) is 13.5. The van der Waals surface area contributed by atoms with E-state index >= 15 is 0 Å². The number of ketones is 1. The summed E-state index contributed by atoms with van der Waals surface area (Å²) in [5.41, 5.74) is -1.46. The molecule has 2 N–H and O–H groups in total. The number of hydrogen-bond donors (Lipinski definition) is 2. The van der Waals surface area contributed by atoms with Gasteiger partial charge in [-0.25, -0.2) is 0 Å². The average molecular weight is 614 g/mol. The number of allylic oxidation sites excluding steroid dienone is 1. The summed E-state index contributed by atoms with van der Waals surface area (Å²) >= 11 is 0. The van der Waals surface area contributed by atoms with Gasteiger partial charge in [-0.2, -0.15) is 0 Å². The molecule has 0 amide bonds. The van der Waals surface area contributed by atoms with Crippen LogP contribution in [0.3, 0.4) is 0 Å². The Bertz CT molecular complexity index is 953. The first-order chi connectivity index (χ1) is 19.9. The monoisotopic (exact) mass is 613 g/mol. The first kappa shape index (κ1) is 37.8. The van der Waals surface area contributed by atoms with E-state index in [-0.39, 0.29) is 29.8 Å². The highest BCUT2D eigenvalue weighted by Gasteiger charge is 2.50. The largest absolute Gasteiger partial charge is 0.459 e. The van der Waals surface area contributed by atoms with Crippen LogP contribution in [0.4, 0.5) is 0 Å². The molecule has 2 rings (SSSR count). The molecular weight excluding hydrogens is 554 g/mol. The van der Waals surface area contributed by atoms with Gasteiger partial charge in [-0.05, 0) is 80.3 Å². The maximum absolute atomic E-state index is 14.0. The Morgan fingerprint density at radius 3 is 2.28 bits per heavy atom. The minimum absolute atomic E-state index is 0.0483. The molecule has 0 unspecified atom stereocenters. The predicted octanol–water partition coefficient (Wildman–Crippen LogP) is 3.76. The lowest BCUT2D eigenvalue weighted by molar-refractivity contribution is -0.295. The van der Waals surface area contributed by atoms with Gasteiger partial charge >= 0.3 is 5.97 Å². The Hall–Kier alpha value is -1.40. The van der Waals surface area contributed by atoms with Crippen LogP contribution in [-0.2, 0) is 33.3 Å². The van der Waals surface area contributed by atoms with E-state index < -0.39 is 53.6 Å². The number of likely N-dealkylation sites (N-methyl/N-ethyl adjacent to an activating group) is 1. The van der Waals surface area contributed by atoms with Crippen LogP contribution in [0, 0.1) is 23.7 Å². The molecule has 0 aromatic heterocycles. The van der Waals surface area contributed by atoms with Gasteiger partial charge in [0.2, 0.25) is 0 Å². The third-order valence-corrected chi connectivity index (χ3v) is 9.73. The van der Waals surface area contributed by atoms with Crippen molar-refractivity contribution in [2.45, 2.75) is 129 Å². The SMILES string of the molecule is CC[C@H]1OC(=O)[C@H](C)C(=O)[C@H](C)[C@@H](O[C@@H]2O[C@H](C)C[C@H](N(C)C)[C@H]2O)[C@](C)(OC)C[C@@H](C)/C=C(/C)[C@@H](CCOC)[C@]1(C)O. The highest BCUT2D eigenvalue weighted by Crippen LogP contribution is 2.39. The summed E-state index contributed by atoms with van der Waals surface area (Å²) in [5.74, 6) is -3.41. The molecule has 2 aliphatic rings. The molecule has 0 radical (unpaired) electrons. The first-order valence-electron chi connectivity index (χ1n) is 15.8. The molecule has 1 saturated heterocycles. The summed E-state index contributed by atoms with van der Waals surface area (Å²) in [6.45, 7) is 15.1. The lowest BCUT2D eigenvalue weighted by atomic mass is 9.74. The second-order valence-electron chi connectivity index (χ2n) is 13.5. The van der Waals surface area contributed by atoms with E-state index in [1.165, 1.54) is 6.92 Å². The molecule has 43 heavy (non-hydrogen) atoms. The fourth-order valence-electron chi connectivity index (χ4n) is 7.13. The lowest BCUT2D eigenvalue weighted by Crippen LogP contribution is -2.59. The van der Waals surface area contributed by atoms with Crippen molar-refractivity contribution in [2.24, 2.45) is 23.7 Å². The van der Waals surface area contributed by atoms with Crippen LogP contribution in [0.25, 0.3) is 0 Å². The second kappa shape index (κ2) is 15.7. The molecule has 0 saturated carbocycles. The van der Waals surface area contributed by atoms with Gasteiger partial charge < -0.3 is 38.8 Å². The van der Waals surface area contributed by atoms with Crippen LogP contribution in [-0.4, -0.2) is 110 Å². The van der Waals surface area contributed by atoms with E-state index in [4.69, 9.17) is 23.7 Å². The van der Waals surface area contributed by atoms with Gasteiger partial charge in [0.05, 0.1) is 17.8 Å². The number of rotatable bonds is 8. The number of esters is 1. The summed E-state index contributed by atoms with van der Waals surface area (Å²) in [6, 6.07) is -0.201. The molecule has 0 aromatic rings. The van der Waals surface area contributed by atoms with E-state index in [1.54, 1.807) is 28.1 Å². The van der Waals surface area contributed by atoms with Crippen molar-refractivity contribution < 1.29 is 43.5 Å². The van der Waals surface area contributed by atoms with Crippen LogP contribution in [0.1, 0.15) is 81.1 Å². The van der Waals surface area contributed by atoms with Crippen molar-refractivity contribution in [3.05, 3.63) is 11.6 Å². The molecular formula is C33H59NO9. The standard InChI is InChI=1S/C33H59NO9/c1-13-26-33(8,38)24(14-15-39-11)20(3)16-19(2)18-32(7,40-12)29(22(5)27(35)23(6)30(37)42-26)43-31-28(36)25(34(9)10)17-21(4)41-31/h16,19,21-26,28-29,31,36,38H,13-15,17-18H2,1-12H3/b20-16-/t19-,21+,22-,23+,24+,25-,26+,28+,29+,31-,32+,33-/m0/s1. The zero-order valence-corrected chi connectivity index (χ0v) is 28.6. The van der Waals surface area contributed by atoms with Crippen molar-refractivity contribution in [2.75, 3.05) is 34.9 Å². The number of carbonyl (C=O) groups is 2. The highest BCUT2D eigenvalue weighted by atomic mass is 16.7. The fraction of sp³-hybridized carbons (Fsp3) is 0.879. The Balaban J connectivity index is 2.65. The van der Waals surface area contributed by atoms with Gasteiger partial charge in [0, 0.05) is 38.7 Å². The zero-order valence-electron chi connectivity index (χ0n) is 28.6. The number of Topliss-reactive ketones (excluding diaryl/α,β-unsaturated/α-hetero) is 1. The number of aliphatic hydroxyl groups is 2. The highest BCUT2D eigenvalue weighted by molar-refractivity contribution is 6.00. The molecule has 1 fully saturated rings. The number of cyclic esters (lactones) is 1. The molecule has 2 aliphatic heterocycles. The third kappa shape index (κ3) is 8.87. The number of methoxy groups -OCH3 is 2. The van der Waals surface area contributed by atoms with Gasteiger partial charge in [0.15, 0.2) is 12.1 Å². The zero-order chi connectivity index (χ0) is 32.9. The van der Waals surface area contributed by atoms with Crippen molar-refractivity contribution in [3.63, 3.8) is 0 Å². The van der Waals surface area contributed by atoms with Crippen LogP contribution in [0.15, 0.2) is 11.6 Å². The summed E-state index contributed by atoms with van der Waals surface area (Å²) in [6.07, 6.45) is 0.261. The van der Waals surface area contributed by atoms with E-state index in [0.717, 1.165) is 5.57 Å². The molecule has 10 nitrogen and oxygen atoms in total. The van der Waals surface area contributed by atoms with Crippen LogP contribution < -0.4 is 0 Å². The van der Waals surface area contributed by atoms with Crippen molar-refractivity contribution >= 4 is 11.8 Å². The first-order valence-corrected chi connectivity index (χ1v) is 15.8. The normalized spacial score (nSPS) is 43.6. The molecule has 250 valence electrons. The molecule has 2 heterocycles. The van der Waals surface area contributed by atoms with Gasteiger partial charge in [0.1, 0.15) is 23.7 Å². The molecule has 0 aromatic carbocycles. The lowest BCUT2D eigenvalue weighted by Gasteiger charge is -2.47. The van der Waals surface area contributed by atoms with E-state index in [0.29, 0.717) is 32.3 Å². The quantitative estimate of drug-likeness (QED) is 0.238. The number of carbonyl (C=O) groups excluding carboxylic acids is 2. The van der Waals surface area contributed by atoms with Crippen molar-refractivity contribution in [3.8, 4) is 0 Å². The Morgan fingerprint density at radius 1 is 1.12 bits per heavy atom. The topological polar surface area (TPSA) is 124 Å². The predicted molar refractivity (Wildman–Crippen MR) is 164 cm³/mol. The van der Waals surface area contributed by atoms with Gasteiger partial charge in [-0.1, -0.05) is 32.4 Å². The summed E-state index contributed by atoms with van der Waals surface area (Å²) < 4.78 is 30.1. The maximum Gasteiger partial charge on any atom is 0.316 e. The Labute approximate surface area is 259 Å². The Kier molecular flexibility index (Phi) is 13.8. The van der Waals surface area contributed by atoms with E-state index in [1.807, 2.05) is 46.7 Å². The summed E-state index contributed by atoms with van der Waals surface area (Å²) in [4.78, 5) is 29.4. The summed E-state index contributed by atoms with van der Waals surface area (Å²) in [7, 11) is 7.00. The number of hydrogen-bond acceptors (Lipinski definition) is 10. The molecule has 0 spiro atoms. The fourth-order valence-corrected chi connectivity index (χ4v) is 7.13. The minimum atomic E-state index is -1.40. The van der Waals surface area contributed by atoms with Gasteiger partial charge in [-0.15, -0.1) is 0 Å². The van der Waals surface area contributed by atoms with Crippen LogP contribution in [0.2, 0.25) is 0 Å². The molecule has 10 heteroatoms. The van der Waals surface area contributed by atoms with Crippen LogP contribution >= 0.6 is 0 Å². The van der Waals surface area contributed by atoms with Gasteiger partial charge in [0.25, 0.3) is 0 Å². The van der Waals surface area contributed by atoms with E-state index in [2.05, 4.69) is 13.0 Å². The third-order valence-electron chi connectivity index (χ3n) is 9.73.